The summed E-state index contributed by atoms with van der Waals surface area (Å²) >= 11 is 6.65. The number of thioether (sulfide) groups is 1. The van der Waals surface area contributed by atoms with Crippen molar-refractivity contribution in [1.82, 2.24) is 14.3 Å². The molecule has 2 aromatic heterocycles. The zero-order chi connectivity index (χ0) is 25.1. The molecule has 0 saturated carbocycles. The van der Waals surface area contributed by atoms with Crippen LogP contribution in [0.15, 0.2) is 88.7 Å². The Morgan fingerprint density at radius 3 is 2.47 bits per heavy atom. The van der Waals surface area contributed by atoms with E-state index in [4.69, 9.17) is 21.7 Å². The molecule has 2 aromatic carbocycles. The van der Waals surface area contributed by atoms with Gasteiger partial charge in [0.25, 0.3) is 11.5 Å². The van der Waals surface area contributed by atoms with Crippen molar-refractivity contribution in [3.05, 3.63) is 105 Å². The molecule has 0 atom stereocenters. The monoisotopic (exact) mass is 515 g/mol. The number of hydrogen-bond donors (Lipinski definition) is 0. The highest BCUT2D eigenvalue weighted by molar-refractivity contribution is 8.26. The van der Waals surface area contributed by atoms with Crippen LogP contribution in [0, 0.1) is 0 Å². The van der Waals surface area contributed by atoms with E-state index >= 15 is 0 Å². The number of pyridine rings is 1. The molecule has 0 spiro atoms. The molecule has 1 fully saturated rings. The van der Waals surface area contributed by atoms with Gasteiger partial charge in [0.15, 0.2) is 11.5 Å². The minimum atomic E-state index is -0.361. The van der Waals surface area contributed by atoms with Gasteiger partial charge >= 0.3 is 0 Å². The van der Waals surface area contributed by atoms with Crippen LogP contribution in [-0.4, -0.2) is 38.2 Å². The molecule has 4 aromatic rings. The van der Waals surface area contributed by atoms with Gasteiger partial charge in [0.2, 0.25) is 5.88 Å². The van der Waals surface area contributed by atoms with Crippen molar-refractivity contribution >= 4 is 45.9 Å². The van der Waals surface area contributed by atoms with Crippen LogP contribution in [0.2, 0.25) is 0 Å². The molecule has 3 heterocycles. The van der Waals surface area contributed by atoms with E-state index in [-0.39, 0.29) is 22.9 Å². The van der Waals surface area contributed by atoms with Crippen molar-refractivity contribution in [3.8, 4) is 17.4 Å². The Morgan fingerprint density at radius 2 is 1.69 bits per heavy atom. The molecule has 1 aliphatic rings. The summed E-state index contributed by atoms with van der Waals surface area (Å²) in [7, 11) is 1.53. The van der Waals surface area contributed by atoms with E-state index in [0.717, 1.165) is 17.3 Å². The molecule has 1 aliphatic heterocycles. The van der Waals surface area contributed by atoms with Gasteiger partial charge in [-0.1, -0.05) is 72.5 Å². The number of para-hydroxylation sites is 2. The lowest BCUT2D eigenvalue weighted by atomic mass is 10.1. The van der Waals surface area contributed by atoms with Gasteiger partial charge in [-0.25, -0.2) is 0 Å². The predicted octanol–water partition coefficient (Wildman–Crippen LogP) is 4.94. The molecule has 180 valence electrons. The van der Waals surface area contributed by atoms with E-state index < -0.39 is 0 Å². The van der Waals surface area contributed by atoms with Crippen LogP contribution in [0.3, 0.4) is 0 Å². The van der Waals surface area contributed by atoms with Gasteiger partial charge < -0.3 is 9.47 Å². The standard InChI is InChI=1S/C27H21N3O4S2/c1-33-20-11-5-6-12-21(20)34-24-19(25(31)29-15-8-7-13-23(29)28-24)17-22-26(32)30(27(35)36-22)16-14-18-9-3-2-4-10-18/h2-13,15,17H,14,16H2,1H3/b22-17+. The quantitative estimate of drug-likeness (QED) is 0.255. The molecule has 36 heavy (non-hydrogen) atoms. The third-order valence-electron chi connectivity index (χ3n) is 5.63. The fourth-order valence-corrected chi connectivity index (χ4v) is 5.09. The van der Waals surface area contributed by atoms with E-state index in [1.54, 1.807) is 47.5 Å². The number of nitrogens with zero attached hydrogens (tertiary/aromatic N) is 3. The first kappa shape index (κ1) is 23.8. The van der Waals surface area contributed by atoms with Crippen LogP contribution in [0.5, 0.6) is 17.4 Å². The van der Waals surface area contributed by atoms with Crippen molar-refractivity contribution in [2.45, 2.75) is 6.42 Å². The molecule has 0 radical (unpaired) electrons. The van der Waals surface area contributed by atoms with Crippen LogP contribution in [0.4, 0.5) is 0 Å². The van der Waals surface area contributed by atoms with E-state index in [1.165, 1.54) is 17.6 Å². The number of rotatable bonds is 7. The second-order valence-corrected chi connectivity index (χ2v) is 9.56. The number of ether oxygens (including phenoxy) is 2. The first-order valence-corrected chi connectivity index (χ1v) is 12.4. The Hall–Kier alpha value is -3.95. The van der Waals surface area contributed by atoms with E-state index in [0.29, 0.717) is 39.3 Å². The summed E-state index contributed by atoms with van der Waals surface area (Å²) in [6.45, 7) is 0.450. The van der Waals surface area contributed by atoms with E-state index in [2.05, 4.69) is 4.98 Å². The maximum Gasteiger partial charge on any atom is 0.269 e. The maximum absolute atomic E-state index is 13.5. The van der Waals surface area contributed by atoms with Gasteiger partial charge in [-0.05, 0) is 42.3 Å². The van der Waals surface area contributed by atoms with E-state index in [9.17, 15) is 9.59 Å². The second-order valence-electron chi connectivity index (χ2n) is 7.89. The minimum Gasteiger partial charge on any atom is -0.493 e. The van der Waals surface area contributed by atoms with Crippen LogP contribution in [0.25, 0.3) is 11.7 Å². The van der Waals surface area contributed by atoms with Crippen LogP contribution >= 0.6 is 24.0 Å². The summed E-state index contributed by atoms with van der Waals surface area (Å²) in [5.41, 5.74) is 1.31. The molecule has 1 saturated heterocycles. The minimum absolute atomic E-state index is 0.0743. The molecule has 7 nitrogen and oxygen atoms in total. The SMILES string of the molecule is COc1ccccc1Oc1nc2ccccn2c(=O)c1/C=C1/SC(=S)N(CCc2ccccc2)C1=O. The number of carbonyl (C=O) groups excluding carboxylic acids is 1. The number of thiocarbonyl (C=S) groups is 1. The molecule has 1 amide bonds. The molecular formula is C27H21N3O4S2. The Kier molecular flexibility index (Phi) is 6.84. The lowest BCUT2D eigenvalue weighted by Gasteiger charge is -2.14. The average Bonchev–Trinajstić information content (AvgIpc) is 3.17. The van der Waals surface area contributed by atoms with Crippen molar-refractivity contribution in [2.24, 2.45) is 0 Å². The van der Waals surface area contributed by atoms with Crippen molar-refractivity contribution in [1.29, 1.82) is 0 Å². The molecule has 0 unspecified atom stereocenters. The topological polar surface area (TPSA) is 73.1 Å². The van der Waals surface area contributed by atoms with Crippen molar-refractivity contribution in [3.63, 3.8) is 0 Å². The van der Waals surface area contributed by atoms with Gasteiger partial charge in [-0.3, -0.25) is 18.9 Å². The molecule has 0 N–H and O–H groups in total. The fraction of sp³-hybridized carbons (Fsp3) is 0.111. The molecule has 5 rings (SSSR count). The van der Waals surface area contributed by atoms with Crippen LogP contribution < -0.4 is 15.0 Å². The highest BCUT2D eigenvalue weighted by Gasteiger charge is 2.32. The lowest BCUT2D eigenvalue weighted by Crippen LogP contribution is -2.30. The third-order valence-corrected chi connectivity index (χ3v) is 7.00. The van der Waals surface area contributed by atoms with Gasteiger partial charge in [-0.2, -0.15) is 4.98 Å². The average molecular weight is 516 g/mol. The number of fused-ring (bicyclic) bond motifs is 1. The summed E-state index contributed by atoms with van der Waals surface area (Å²) in [6.07, 6.45) is 3.81. The third kappa shape index (κ3) is 4.75. The Labute approximate surface area is 217 Å². The second kappa shape index (κ2) is 10.3. The Balaban J connectivity index is 1.52. The molecular weight excluding hydrogens is 494 g/mol. The zero-order valence-electron chi connectivity index (χ0n) is 19.3. The van der Waals surface area contributed by atoms with Gasteiger partial charge in [-0.15, -0.1) is 0 Å². The number of methoxy groups -OCH3 is 1. The Morgan fingerprint density at radius 1 is 0.972 bits per heavy atom. The normalized spacial score (nSPS) is 14.6. The number of aromatic nitrogens is 2. The number of amides is 1. The molecule has 0 bridgehead atoms. The van der Waals surface area contributed by atoms with Gasteiger partial charge in [0.1, 0.15) is 15.5 Å². The Bertz CT molecular complexity index is 1550. The van der Waals surface area contributed by atoms with Crippen LogP contribution in [0.1, 0.15) is 11.1 Å². The highest BCUT2D eigenvalue weighted by atomic mass is 32.2. The van der Waals surface area contributed by atoms with Crippen molar-refractivity contribution < 1.29 is 14.3 Å². The summed E-state index contributed by atoms with van der Waals surface area (Å²) in [6, 6.07) is 22.2. The summed E-state index contributed by atoms with van der Waals surface area (Å²) in [5, 5.41) is 0. The fourth-order valence-electron chi connectivity index (χ4n) is 3.80. The number of carbonyl (C=O) groups is 1. The first-order valence-electron chi connectivity index (χ1n) is 11.2. The highest BCUT2D eigenvalue weighted by Crippen LogP contribution is 2.35. The van der Waals surface area contributed by atoms with Gasteiger partial charge in [0.05, 0.1) is 12.0 Å². The summed E-state index contributed by atoms with van der Waals surface area (Å²) < 4.78 is 13.3. The van der Waals surface area contributed by atoms with Gasteiger partial charge in [0, 0.05) is 12.7 Å². The first-order chi connectivity index (χ1) is 17.5. The summed E-state index contributed by atoms with van der Waals surface area (Å²) in [4.78, 5) is 33.2. The van der Waals surface area contributed by atoms with E-state index in [1.807, 2.05) is 36.4 Å². The predicted molar refractivity (Wildman–Crippen MR) is 145 cm³/mol. The molecule has 0 aliphatic carbocycles. The van der Waals surface area contributed by atoms with Crippen molar-refractivity contribution in [2.75, 3.05) is 13.7 Å². The lowest BCUT2D eigenvalue weighted by molar-refractivity contribution is -0.122. The summed E-state index contributed by atoms with van der Waals surface area (Å²) in [5.74, 6) is 0.718. The maximum atomic E-state index is 13.5. The number of benzene rings is 2. The van der Waals surface area contributed by atoms with Crippen LogP contribution in [-0.2, 0) is 11.2 Å². The smallest absolute Gasteiger partial charge is 0.269 e. The number of hydrogen-bond acceptors (Lipinski definition) is 7. The zero-order valence-corrected chi connectivity index (χ0v) is 20.9. The molecule has 9 heteroatoms. The largest absolute Gasteiger partial charge is 0.493 e.